The first-order chi connectivity index (χ1) is 11.7. The number of carbonyl (C=O) groups is 2. The number of carbonyl (C=O) groups excluding carboxylic acids is 2. The number of rotatable bonds is 6. The molecule has 3 aromatic rings. The molecule has 0 aliphatic rings. The van der Waals surface area contributed by atoms with Crippen molar-refractivity contribution >= 4 is 39.4 Å². The lowest BCUT2D eigenvalue weighted by molar-refractivity contribution is -0.142. The number of hydrogen-bond donors (Lipinski definition) is 1. The Balaban J connectivity index is 1.61. The van der Waals surface area contributed by atoms with E-state index in [9.17, 15) is 9.59 Å². The molecule has 0 atom stereocenters. The number of fused-ring (bicyclic) bond motifs is 1. The summed E-state index contributed by atoms with van der Waals surface area (Å²) in [6, 6.07) is 7.41. The number of esters is 1. The maximum atomic E-state index is 12.1. The van der Waals surface area contributed by atoms with Gasteiger partial charge in [-0.2, -0.15) is 0 Å². The minimum Gasteiger partial charge on any atom is -0.466 e. The molecule has 0 spiro atoms. The summed E-state index contributed by atoms with van der Waals surface area (Å²) in [7, 11) is 0. The summed E-state index contributed by atoms with van der Waals surface area (Å²) < 4.78 is 6.39. The van der Waals surface area contributed by atoms with Gasteiger partial charge in [0.15, 0.2) is 5.13 Å². The molecule has 3 rings (SSSR count). The van der Waals surface area contributed by atoms with Gasteiger partial charge < -0.3 is 10.1 Å². The van der Waals surface area contributed by atoms with Crippen LogP contribution in [0.25, 0.3) is 11.0 Å². The predicted octanol–water partition coefficient (Wildman–Crippen LogP) is 1.63. The Morgan fingerprint density at radius 1 is 1.33 bits per heavy atom. The number of nitrogens with zero attached hydrogens (tertiary/aromatic N) is 4. The van der Waals surface area contributed by atoms with E-state index >= 15 is 0 Å². The highest BCUT2D eigenvalue weighted by molar-refractivity contribution is 7.13. The number of amides is 1. The zero-order chi connectivity index (χ0) is 16.9. The number of para-hydroxylation sites is 1. The van der Waals surface area contributed by atoms with E-state index in [-0.39, 0.29) is 24.8 Å². The molecule has 9 heteroatoms. The van der Waals surface area contributed by atoms with Crippen LogP contribution in [-0.4, -0.2) is 38.5 Å². The highest BCUT2D eigenvalue weighted by Gasteiger charge is 2.12. The second-order valence-electron chi connectivity index (χ2n) is 4.91. The lowest BCUT2D eigenvalue weighted by Crippen LogP contribution is -2.19. The zero-order valence-electron chi connectivity index (χ0n) is 12.9. The van der Waals surface area contributed by atoms with Crippen molar-refractivity contribution in [1.82, 2.24) is 20.0 Å². The normalized spacial score (nSPS) is 10.7. The molecule has 24 heavy (non-hydrogen) atoms. The third-order valence-corrected chi connectivity index (χ3v) is 3.95. The van der Waals surface area contributed by atoms with E-state index in [0.717, 1.165) is 11.0 Å². The lowest BCUT2D eigenvalue weighted by Gasteiger charge is -2.02. The Morgan fingerprint density at radius 3 is 3.00 bits per heavy atom. The van der Waals surface area contributed by atoms with Gasteiger partial charge in [-0.25, -0.2) is 9.67 Å². The Kier molecular flexibility index (Phi) is 4.80. The number of anilines is 1. The first-order valence-electron chi connectivity index (χ1n) is 7.34. The van der Waals surface area contributed by atoms with Gasteiger partial charge in [-0.05, 0) is 19.1 Å². The molecule has 124 valence electrons. The Bertz CT molecular complexity index is 873. The molecule has 0 saturated heterocycles. The summed E-state index contributed by atoms with van der Waals surface area (Å²) in [4.78, 5) is 27.8. The highest BCUT2D eigenvalue weighted by Crippen LogP contribution is 2.16. The summed E-state index contributed by atoms with van der Waals surface area (Å²) in [5.41, 5.74) is 2.09. The number of benzene rings is 1. The number of hydrogen-bond acceptors (Lipinski definition) is 7. The number of nitrogens with one attached hydrogen (secondary N) is 1. The van der Waals surface area contributed by atoms with Crippen molar-refractivity contribution < 1.29 is 14.3 Å². The molecule has 2 aromatic heterocycles. The molecule has 0 fully saturated rings. The molecule has 0 radical (unpaired) electrons. The van der Waals surface area contributed by atoms with Gasteiger partial charge >= 0.3 is 5.97 Å². The maximum Gasteiger partial charge on any atom is 0.311 e. The van der Waals surface area contributed by atoms with Crippen LogP contribution in [0.2, 0.25) is 0 Å². The summed E-state index contributed by atoms with van der Waals surface area (Å²) in [6.07, 6.45) is 0.0912. The fourth-order valence-corrected chi connectivity index (χ4v) is 2.86. The van der Waals surface area contributed by atoms with Crippen molar-refractivity contribution in [2.45, 2.75) is 19.9 Å². The van der Waals surface area contributed by atoms with Gasteiger partial charge in [0.2, 0.25) is 5.91 Å². The summed E-state index contributed by atoms with van der Waals surface area (Å²) in [6.45, 7) is 2.12. The van der Waals surface area contributed by atoms with E-state index in [1.54, 1.807) is 12.3 Å². The van der Waals surface area contributed by atoms with Gasteiger partial charge in [-0.15, -0.1) is 16.4 Å². The Labute approximate surface area is 141 Å². The van der Waals surface area contributed by atoms with Crippen molar-refractivity contribution in [3.05, 3.63) is 35.3 Å². The monoisotopic (exact) mass is 345 g/mol. The SMILES string of the molecule is CCOC(=O)Cc1csc(NC(=O)Cn2nnc3ccccc32)n1. The second-order valence-corrected chi connectivity index (χ2v) is 5.77. The fourth-order valence-electron chi connectivity index (χ4n) is 2.13. The predicted molar refractivity (Wildman–Crippen MR) is 88.6 cm³/mol. The van der Waals surface area contributed by atoms with Crippen molar-refractivity contribution in [2.24, 2.45) is 0 Å². The summed E-state index contributed by atoms with van der Waals surface area (Å²) in [5, 5.41) is 12.8. The smallest absolute Gasteiger partial charge is 0.311 e. The first kappa shape index (κ1) is 16.1. The molecule has 8 nitrogen and oxygen atoms in total. The first-order valence-corrected chi connectivity index (χ1v) is 8.21. The molecule has 0 bridgehead atoms. The molecular weight excluding hydrogens is 330 g/mol. The van der Waals surface area contributed by atoms with E-state index in [2.05, 4.69) is 20.6 Å². The van der Waals surface area contributed by atoms with Gasteiger partial charge in [-0.3, -0.25) is 9.59 Å². The van der Waals surface area contributed by atoms with Gasteiger partial charge in [0, 0.05) is 5.38 Å². The van der Waals surface area contributed by atoms with Crippen LogP contribution >= 0.6 is 11.3 Å². The van der Waals surface area contributed by atoms with Crippen molar-refractivity contribution in [1.29, 1.82) is 0 Å². The number of ether oxygens (including phenoxy) is 1. The second kappa shape index (κ2) is 7.18. The van der Waals surface area contributed by atoms with Crippen molar-refractivity contribution in [2.75, 3.05) is 11.9 Å². The third-order valence-electron chi connectivity index (χ3n) is 3.14. The summed E-state index contributed by atoms with van der Waals surface area (Å²) >= 11 is 1.26. The standard InChI is InChI=1S/C15H15N5O3S/c1-2-23-14(22)7-10-9-24-15(16-10)17-13(21)8-20-12-6-4-3-5-11(12)18-19-20/h3-6,9H,2,7-8H2,1H3,(H,16,17,21). The van der Waals surface area contributed by atoms with Crippen LogP contribution in [-0.2, 0) is 27.3 Å². The molecule has 1 aromatic carbocycles. The topological polar surface area (TPSA) is 99.0 Å². The molecule has 0 aliphatic carbocycles. The van der Waals surface area contributed by atoms with Gasteiger partial charge in [-0.1, -0.05) is 17.3 Å². The molecular formula is C15H15N5O3S. The molecule has 0 unspecified atom stereocenters. The quantitative estimate of drug-likeness (QED) is 0.682. The fraction of sp³-hybridized carbons (Fsp3) is 0.267. The lowest BCUT2D eigenvalue weighted by atomic mass is 10.3. The van der Waals surface area contributed by atoms with Crippen molar-refractivity contribution in [3.63, 3.8) is 0 Å². The van der Waals surface area contributed by atoms with Crippen LogP contribution in [0.4, 0.5) is 5.13 Å². The molecule has 1 N–H and O–H groups in total. The van der Waals surface area contributed by atoms with Gasteiger partial charge in [0.25, 0.3) is 0 Å². The van der Waals surface area contributed by atoms with E-state index in [1.165, 1.54) is 16.0 Å². The number of thiazole rings is 1. The van der Waals surface area contributed by atoms with Gasteiger partial charge in [0.1, 0.15) is 12.1 Å². The minimum absolute atomic E-state index is 0.0350. The average molecular weight is 345 g/mol. The van der Waals surface area contributed by atoms with Gasteiger partial charge in [0.05, 0.1) is 24.2 Å². The van der Waals surface area contributed by atoms with Crippen LogP contribution in [0.3, 0.4) is 0 Å². The van der Waals surface area contributed by atoms with E-state index < -0.39 is 0 Å². The van der Waals surface area contributed by atoms with E-state index in [1.807, 2.05) is 24.3 Å². The maximum absolute atomic E-state index is 12.1. The summed E-state index contributed by atoms with van der Waals surface area (Å²) in [5.74, 6) is -0.600. The Morgan fingerprint density at radius 2 is 2.17 bits per heavy atom. The molecule has 0 aliphatic heterocycles. The van der Waals surface area contributed by atoms with Crippen LogP contribution in [0, 0.1) is 0 Å². The largest absolute Gasteiger partial charge is 0.466 e. The molecule has 1 amide bonds. The minimum atomic E-state index is -0.338. The van der Waals surface area contributed by atoms with E-state index in [0.29, 0.717) is 17.4 Å². The molecule has 0 saturated carbocycles. The van der Waals surface area contributed by atoms with Crippen LogP contribution in [0.5, 0.6) is 0 Å². The zero-order valence-corrected chi connectivity index (χ0v) is 13.7. The third kappa shape index (κ3) is 3.74. The highest BCUT2D eigenvalue weighted by atomic mass is 32.1. The average Bonchev–Trinajstić information content (AvgIpc) is 3.15. The van der Waals surface area contributed by atoms with Crippen molar-refractivity contribution in [3.8, 4) is 0 Å². The van der Waals surface area contributed by atoms with E-state index in [4.69, 9.17) is 4.74 Å². The molecule has 2 heterocycles. The van der Waals surface area contributed by atoms with Crippen LogP contribution in [0.1, 0.15) is 12.6 Å². The number of aromatic nitrogens is 4. The van der Waals surface area contributed by atoms with Crippen LogP contribution < -0.4 is 5.32 Å². The van der Waals surface area contributed by atoms with Crippen LogP contribution in [0.15, 0.2) is 29.6 Å². The Hall–Kier alpha value is -2.81.